The summed E-state index contributed by atoms with van der Waals surface area (Å²) in [5, 5.41) is 12.6. The lowest BCUT2D eigenvalue weighted by molar-refractivity contribution is -0.135. The van der Waals surface area contributed by atoms with E-state index in [4.69, 9.17) is 0 Å². The summed E-state index contributed by atoms with van der Waals surface area (Å²) < 4.78 is 0. The van der Waals surface area contributed by atoms with Gasteiger partial charge >= 0.3 is 5.97 Å². The molecule has 0 spiro atoms. The summed E-state index contributed by atoms with van der Waals surface area (Å²) in [6.45, 7) is 5.32. The minimum atomic E-state index is -0.961. The molecule has 3 aromatic carbocycles. The van der Waals surface area contributed by atoms with Crippen LogP contribution in [0.15, 0.2) is 66.7 Å². The Morgan fingerprint density at radius 1 is 1.00 bits per heavy atom. The minimum Gasteiger partial charge on any atom is -0.478 e. The molecule has 5 rings (SSSR count). The fourth-order valence-electron chi connectivity index (χ4n) is 5.42. The lowest BCUT2D eigenvalue weighted by atomic mass is 9.86. The molecule has 0 aromatic heterocycles. The Morgan fingerprint density at radius 2 is 1.78 bits per heavy atom. The predicted octanol–water partition coefficient (Wildman–Crippen LogP) is 5.01. The fraction of sp³-hybridized carbons (Fsp3) is 0.323. The summed E-state index contributed by atoms with van der Waals surface area (Å²) in [6.07, 6.45) is 1.55. The quantitative estimate of drug-likeness (QED) is 0.481. The number of aromatic carboxylic acids is 1. The molecule has 6 nitrogen and oxygen atoms in total. The molecule has 0 radical (unpaired) electrons. The maximum absolute atomic E-state index is 13.0. The van der Waals surface area contributed by atoms with Crippen molar-refractivity contribution in [1.82, 2.24) is 10.2 Å². The van der Waals surface area contributed by atoms with Crippen molar-refractivity contribution in [3.8, 4) is 11.1 Å². The van der Waals surface area contributed by atoms with Crippen LogP contribution in [0.1, 0.15) is 58.8 Å². The first-order chi connectivity index (χ1) is 17.8. The van der Waals surface area contributed by atoms with E-state index in [0.29, 0.717) is 26.1 Å². The van der Waals surface area contributed by atoms with Gasteiger partial charge in [0.05, 0.1) is 5.56 Å². The summed E-state index contributed by atoms with van der Waals surface area (Å²) in [7, 11) is 0. The minimum absolute atomic E-state index is 0.00437. The maximum atomic E-state index is 13.0. The molecule has 2 atom stereocenters. The van der Waals surface area contributed by atoms with Gasteiger partial charge in [-0.05, 0) is 64.3 Å². The number of carbonyl (C=O) groups excluding carboxylic acids is 2. The first-order valence-electron chi connectivity index (χ1n) is 12.9. The SMILES string of the molecule is CC(C)C(=O)N1CCc2c(-c3cccc(C(=O)O)c3)ccc(CNC(=O)[C@@H]3C[C@H]3c3ccccc3)c2C1. The van der Waals surface area contributed by atoms with Gasteiger partial charge in [-0.1, -0.05) is 68.4 Å². The van der Waals surface area contributed by atoms with Crippen LogP contribution in [0.2, 0.25) is 0 Å². The van der Waals surface area contributed by atoms with Gasteiger partial charge in [0.1, 0.15) is 0 Å². The van der Waals surface area contributed by atoms with Crippen molar-refractivity contribution in [1.29, 1.82) is 0 Å². The molecule has 3 aromatic rings. The molecule has 1 heterocycles. The van der Waals surface area contributed by atoms with Gasteiger partial charge in [-0.15, -0.1) is 0 Å². The average molecular weight is 497 g/mol. The Morgan fingerprint density at radius 3 is 2.51 bits per heavy atom. The van der Waals surface area contributed by atoms with E-state index >= 15 is 0 Å². The third-order valence-electron chi connectivity index (χ3n) is 7.54. The molecule has 0 saturated heterocycles. The van der Waals surface area contributed by atoms with Crippen LogP contribution in [-0.2, 0) is 29.1 Å². The third-order valence-corrected chi connectivity index (χ3v) is 7.54. The van der Waals surface area contributed by atoms with E-state index in [-0.39, 0.29) is 35.1 Å². The van der Waals surface area contributed by atoms with E-state index in [1.807, 2.05) is 55.1 Å². The zero-order valence-corrected chi connectivity index (χ0v) is 21.2. The molecular weight excluding hydrogens is 464 g/mol. The largest absolute Gasteiger partial charge is 0.478 e. The van der Waals surface area contributed by atoms with Crippen LogP contribution >= 0.6 is 0 Å². The van der Waals surface area contributed by atoms with Gasteiger partial charge < -0.3 is 15.3 Å². The van der Waals surface area contributed by atoms with Crippen LogP contribution in [0.4, 0.5) is 0 Å². The van der Waals surface area contributed by atoms with Crippen LogP contribution in [-0.4, -0.2) is 34.3 Å². The molecule has 1 aliphatic carbocycles. The number of carboxylic acid groups (broad SMARTS) is 1. The molecule has 1 saturated carbocycles. The second kappa shape index (κ2) is 10.2. The Hall–Kier alpha value is -3.93. The van der Waals surface area contributed by atoms with E-state index in [9.17, 15) is 19.5 Å². The number of carboxylic acids is 1. The van der Waals surface area contributed by atoms with Gasteiger partial charge in [-0.25, -0.2) is 4.79 Å². The van der Waals surface area contributed by atoms with Gasteiger partial charge in [-0.2, -0.15) is 0 Å². The average Bonchev–Trinajstić information content (AvgIpc) is 3.72. The van der Waals surface area contributed by atoms with Crippen molar-refractivity contribution < 1.29 is 19.5 Å². The molecule has 1 aliphatic heterocycles. The van der Waals surface area contributed by atoms with Crippen molar-refractivity contribution >= 4 is 17.8 Å². The van der Waals surface area contributed by atoms with E-state index in [0.717, 1.165) is 34.2 Å². The van der Waals surface area contributed by atoms with Crippen LogP contribution in [0, 0.1) is 11.8 Å². The standard InChI is InChI=1S/C31H32N2O4/c1-19(2)30(35)33-14-13-25-24(21-9-6-10-22(15-21)31(36)37)12-11-23(28(25)18-33)17-32-29(34)27-16-26(27)20-7-4-3-5-8-20/h3-12,15,19,26-27H,13-14,16-18H2,1-2H3,(H,32,34)(H,36,37)/t26-,27+/m0/s1. The maximum Gasteiger partial charge on any atom is 0.335 e. The van der Waals surface area contributed by atoms with Gasteiger partial charge in [0.15, 0.2) is 0 Å². The zero-order chi connectivity index (χ0) is 26.1. The monoisotopic (exact) mass is 496 g/mol. The van der Waals surface area contributed by atoms with Crippen molar-refractivity contribution in [2.24, 2.45) is 11.8 Å². The number of hydrogen-bond donors (Lipinski definition) is 2. The number of rotatable bonds is 7. The Bertz CT molecular complexity index is 1350. The summed E-state index contributed by atoms with van der Waals surface area (Å²) in [6, 6.07) is 21.1. The highest BCUT2D eigenvalue weighted by atomic mass is 16.4. The Kier molecular flexibility index (Phi) is 6.83. The number of nitrogens with zero attached hydrogens (tertiary/aromatic N) is 1. The van der Waals surface area contributed by atoms with Gasteiger partial charge in [0.25, 0.3) is 0 Å². The van der Waals surface area contributed by atoms with Gasteiger partial charge in [-0.3, -0.25) is 9.59 Å². The number of benzene rings is 3. The predicted molar refractivity (Wildman–Crippen MR) is 142 cm³/mol. The second-order valence-electron chi connectivity index (χ2n) is 10.4. The molecule has 2 N–H and O–H groups in total. The highest BCUT2D eigenvalue weighted by Gasteiger charge is 2.43. The lowest BCUT2D eigenvalue weighted by Crippen LogP contribution is -2.39. The van der Waals surface area contributed by atoms with Crippen LogP contribution in [0.3, 0.4) is 0 Å². The topological polar surface area (TPSA) is 86.7 Å². The van der Waals surface area contributed by atoms with E-state index in [1.54, 1.807) is 18.2 Å². The summed E-state index contributed by atoms with van der Waals surface area (Å²) in [4.78, 5) is 39.2. The van der Waals surface area contributed by atoms with Crippen molar-refractivity contribution in [2.45, 2.75) is 45.7 Å². The molecule has 0 bridgehead atoms. The van der Waals surface area contributed by atoms with Crippen LogP contribution in [0.5, 0.6) is 0 Å². The smallest absolute Gasteiger partial charge is 0.335 e. The zero-order valence-electron chi connectivity index (χ0n) is 21.2. The highest BCUT2D eigenvalue weighted by Crippen LogP contribution is 2.47. The molecule has 2 aliphatic rings. The number of amides is 2. The number of hydrogen-bond acceptors (Lipinski definition) is 3. The summed E-state index contributed by atoms with van der Waals surface area (Å²) in [5.41, 5.74) is 6.45. The van der Waals surface area contributed by atoms with Crippen LogP contribution < -0.4 is 5.32 Å². The van der Waals surface area contributed by atoms with Crippen molar-refractivity contribution in [3.63, 3.8) is 0 Å². The molecule has 37 heavy (non-hydrogen) atoms. The fourth-order valence-corrected chi connectivity index (χ4v) is 5.42. The molecule has 0 unspecified atom stereocenters. The number of nitrogens with one attached hydrogen (secondary N) is 1. The van der Waals surface area contributed by atoms with Gasteiger partial charge in [0.2, 0.25) is 11.8 Å². The molecule has 2 amide bonds. The number of fused-ring (bicyclic) bond motifs is 1. The van der Waals surface area contributed by atoms with Crippen LogP contribution in [0.25, 0.3) is 11.1 Å². The van der Waals surface area contributed by atoms with Gasteiger partial charge in [0, 0.05) is 31.5 Å². The number of carbonyl (C=O) groups is 3. The Labute approximate surface area is 217 Å². The first-order valence-corrected chi connectivity index (χ1v) is 12.9. The van der Waals surface area contributed by atoms with Crippen molar-refractivity contribution in [3.05, 3.63) is 94.5 Å². The third kappa shape index (κ3) is 5.15. The Balaban J connectivity index is 1.40. The highest BCUT2D eigenvalue weighted by molar-refractivity contribution is 5.90. The summed E-state index contributed by atoms with van der Waals surface area (Å²) >= 11 is 0. The molecule has 190 valence electrons. The van der Waals surface area contributed by atoms with Crippen molar-refractivity contribution in [2.75, 3.05) is 6.54 Å². The normalized spacial score (nSPS) is 18.3. The summed E-state index contributed by atoms with van der Waals surface area (Å²) in [5.74, 6) is -0.606. The second-order valence-corrected chi connectivity index (χ2v) is 10.4. The van der Waals surface area contributed by atoms with E-state index in [1.165, 1.54) is 5.56 Å². The lowest BCUT2D eigenvalue weighted by Gasteiger charge is -2.33. The molecule has 1 fully saturated rings. The van der Waals surface area contributed by atoms with E-state index < -0.39 is 5.97 Å². The van der Waals surface area contributed by atoms with E-state index in [2.05, 4.69) is 17.4 Å². The molecular formula is C31H32N2O4. The first kappa shape index (κ1) is 24.8. The molecule has 6 heteroatoms.